The zero-order valence-electron chi connectivity index (χ0n) is 32.4. The van der Waals surface area contributed by atoms with E-state index in [2.05, 4.69) is 168 Å². The highest BCUT2D eigenvalue weighted by Crippen LogP contribution is 2.64. The SMILES string of the molecule is CC1CC2CCC3(c4ccccc4-c4c3ccc3c5c6ccccc6ccc5n(-c5nc(-c6ccccc6)nc(-n6c7ccccc7c7ccccc76)n5)c43)C(C1)C2. The van der Waals surface area contributed by atoms with Crippen LogP contribution < -0.4 is 0 Å². The number of rotatable bonds is 3. The molecule has 0 amide bonds. The summed E-state index contributed by atoms with van der Waals surface area (Å²) in [6, 6.07) is 55.3. The standard InChI is InChI=1S/C53H41N5/c1-32-29-33-27-28-53(36(30-32)31-33)42-20-10-7-19-40(42)48-43(53)25-24-41-47-37-16-6-5-13-34(37)23-26-46(47)58(49(41)48)52-55-50(35-14-3-2-4-15-35)54-51(56-52)57-44-21-11-8-17-38(44)39-18-9-12-22-45(39)57/h2-26,32-33,36H,27-31H2,1H3. The molecule has 3 aliphatic rings. The molecular formula is C53H41N5. The van der Waals surface area contributed by atoms with Crippen LogP contribution in [0.2, 0.25) is 0 Å². The van der Waals surface area contributed by atoms with Crippen molar-refractivity contribution in [3.05, 3.63) is 163 Å². The van der Waals surface area contributed by atoms with E-state index in [-0.39, 0.29) is 5.41 Å². The zero-order valence-corrected chi connectivity index (χ0v) is 32.4. The molecule has 2 saturated carbocycles. The molecule has 5 heteroatoms. The van der Waals surface area contributed by atoms with Crippen LogP contribution in [-0.2, 0) is 5.41 Å². The van der Waals surface area contributed by atoms with Gasteiger partial charge in [0, 0.05) is 38.1 Å². The fraction of sp³-hybridized carbons (Fsp3) is 0.189. The van der Waals surface area contributed by atoms with E-state index in [0.29, 0.717) is 23.6 Å². The fourth-order valence-corrected chi connectivity index (χ4v) is 12.1. The average Bonchev–Trinajstić information content (AvgIpc) is 3.90. The van der Waals surface area contributed by atoms with Gasteiger partial charge >= 0.3 is 0 Å². The Morgan fingerprint density at radius 2 is 1.22 bits per heavy atom. The van der Waals surface area contributed by atoms with Crippen LogP contribution in [0.4, 0.5) is 0 Å². The molecule has 3 heterocycles. The fourth-order valence-electron chi connectivity index (χ4n) is 12.1. The van der Waals surface area contributed by atoms with E-state index in [4.69, 9.17) is 15.0 Å². The topological polar surface area (TPSA) is 48.5 Å². The van der Waals surface area contributed by atoms with E-state index in [9.17, 15) is 0 Å². The molecule has 10 aromatic rings. The molecule has 1 spiro atoms. The molecule has 3 aromatic heterocycles. The van der Waals surface area contributed by atoms with Crippen molar-refractivity contribution in [2.75, 3.05) is 0 Å². The van der Waals surface area contributed by atoms with E-state index in [1.165, 1.54) is 92.2 Å². The normalized spacial score (nSPS) is 21.1. The molecule has 13 rings (SSSR count). The van der Waals surface area contributed by atoms with Gasteiger partial charge in [0.2, 0.25) is 11.9 Å². The molecule has 0 radical (unpaired) electrons. The maximum atomic E-state index is 5.57. The Balaban J connectivity index is 1.19. The molecule has 3 aliphatic carbocycles. The maximum Gasteiger partial charge on any atom is 0.240 e. The lowest BCUT2D eigenvalue weighted by atomic mass is 9.53. The number of benzene rings is 7. The van der Waals surface area contributed by atoms with Gasteiger partial charge in [-0.1, -0.05) is 140 Å². The van der Waals surface area contributed by atoms with Crippen molar-refractivity contribution >= 4 is 54.4 Å². The van der Waals surface area contributed by atoms with E-state index in [1.54, 1.807) is 0 Å². The van der Waals surface area contributed by atoms with Crippen LogP contribution in [0.15, 0.2) is 152 Å². The van der Waals surface area contributed by atoms with E-state index < -0.39 is 0 Å². The number of aromatic nitrogens is 5. The van der Waals surface area contributed by atoms with Crippen LogP contribution in [0, 0.1) is 17.8 Å². The van der Waals surface area contributed by atoms with Crippen molar-refractivity contribution in [3.63, 3.8) is 0 Å². The molecule has 7 aromatic carbocycles. The van der Waals surface area contributed by atoms with E-state index in [1.807, 2.05) is 0 Å². The predicted molar refractivity (Wildman–Crippen MR) is 237 cm³/mol. The molecule has 0 aliphatic heterocycles. The lowest BCUT2D eigenvalue weighted by Crippen LogP contribution is -2.44. The first-order valence-electron chi connectivity index (χ1n) is 21.1. The molecule has 4 atom stereocenters. The van der Waals surface area contributed by atoms with Crippen molar-refractivity contribution in [2.24, 2.45) is 17.8 Å². The second-order valence-electron chi connectivity index (χ2n) is 17.3. The van der Waals surface area contributed by atoms with Crippen LogP contribution in [0.1, 0.15) is 50.2 Å². The van der Waals surface area contributed by atoms with E-state index >= 15 is 0 Å². The van der Waals surface area contributed by atoms with Crippen LogP contribution >= 0.6 is 0 Å². The monoisotopic (exact) mass is 747 g/mol. The van der Waals surface area contributed by atoms with Crippen LogP contribution in [0.3, 0.4) is 0 Å². The summed E-state index contributed by atoms with van der Waals surface area (Å²) < 4.78 is 4.62. The largest absolute Gasteiger partial charge is 0.278 e. The Kier molecular flexibility index (Phi) is 6.70. The number of fused-ring (bicyclic) bond motifs is 17. The van der Waals surface area contributed by atoms with Gasteiger partial charge < -0.3 is 0 Å². The summed E-state index contributed by atoms with van der Waals surface area (Å²) >= 11 is 0. The molecule has 2 fully saturated rings. The smallest absolute Gasteiger partial charge is 0.240 e. The zero-order chi connectivity index (χ0) is 38.1. The summed E-state index contributed by atoms with van der Waals surface area (Å²) in [6.07, 6.45) is 6.47. The molecule has 4 unspecified atom stereocenters. The molecular weight excluding hydrogens is 707 g/mol. The number of hydrogen-bond acceptors (Lipinski definition) is 3. The molecule has 58 heavy (non-hydrogen) atoms. The molecule has 2 bridgehead atoms. The van der Waals surface area contributed by atoms with Crippen molar-refractivity contribution in [3.8, 4) is 34.4 Å². The van der Waals surface area contributed by atoms with Crippen LogP contribution in [0.5, 0.6) is 0 Å². The molecule has 0 N–H and O–H groups in total. The van der Waals surface area contributed by atoms with Gasteiger partial charge in [0.15, 0.2) is 5.82 Å². The maximum absolute atomic E-state index is 5.57. The van der Waals surface area contributed by atoms with Gasteiger partial charge in [-0.3, -0.25) is 9.13 Å². The summed E-state index contributed by atoms with van der Waals surface area (Å²) in [5.74, 6) is 4.09. The van der Waals surface area contributed by atoms with Gasteiger partial charge in [0.1, 0.15) is 0 Å². The predicted octanol–water partition coefficient (Wildman–Crippen LogP) is 13.0. The lowest BCUT2D eigenvalue weighted by molar-refractivity contribution is 0.0856. The van der Waals surface area contributed by atoms with Crippen LogP contribution in [-0.4, -0.2) is 24.1 Å². The third kappa shape index (κ3) is 4.34. The minimum atomic E-state index is -0.00290. The minimum absolute atomic E-state index is 0.00290. The summed E-state index contributed by atoms with van der Waals surface area (Å²) in [5.41, 5.74) is 11.1. The third-order valence-corrected chi connectivity index (χ3v) is 14.3. The second kappa shape index (κ2) is 12.0. The molecule has 5 nitrogen and oxygen atoms in total. The number of para-hydroxylation sites is 2. The quantitative estimate of drug-likeness (QED) is 0.181. The summed E-state index contributed by atoms with van der Waals surface area (Å²) in [6.45, 7) is 2.49. The Bertz CT molecular complexity index is 3260. The first-order valence-corrected chi connectivity index (χ1v) is 21.1. The molecule has 0 saturated heterocycles. The highest BCUT2D eigenvalue weighted by Gasteiger charge is 2.53. The highest BCUT2D eigenvalue weighted by atomic mass is 15.3. The first kappa shape index (κ1) is 32.5. The van der Waals surface area contributed by atoms with Gasteiger partial charge in [-0.25, -0.2) is 0 Å². The Labute approximate surface area is 336 Å². The lowest BCUT2D eigenvalue weighted by Gasteiger charge is -2.50. The first-order chi connectivity index (χ1) is 28.7. The van der Waals surface area contributed by atoms with Gasteiger partial charge in [0.05, 0.1) is 22.1 Å². The van der Waals surface area contributed by atoms with Gasteiger partial charge in [-0.05, 0) is 95.5 Å². The second-order valence-corrected chi connectivity index (χ2v) is 17.3. The average molecular weight is 748 g/mol. The number of hydrogen-bond donors (Lipinski definition) is 0. The van der Waals surface area contributed by atoms with Crippen molar-refractivity contribution < 1.29 is 0 Å². The van der Waals surface area contributed by atoms with Crippen molar-refractivity contribution in [1.29, 1.82) is 0 Å². The van der Waals surface area contributed by atoms with Crippen molar-refractivity contribution in [2.45, 2.75) is 44.4 Å². The minimum Gasteiger partial charge on any atom is -0.278 e. The Hall–Kier alpha value is -6.59. The van der Waals surface area contributed by atoms with Crippen LogP contribution in [0.25, 0.3) is 88.8 Å². The summed E-state index contributed by atoms with van der Waals surface area (Å²) in [5, 5.41) is 7.30. The summed E-state index contributed by atoms with van der Waals surface area (Å²) in [7, 11) is 0. The van der Waals surface area contributed by atoms with Crippen molar-refractivity contribution in [1.82, 2.24) is 24.1 Å². The van der Waals surface area contributed by atoms with Gasteiger partial charge in [-0.2, -0.15) is 15.0 Å². The van der Waals surface area contributed by atoms with Gasteiger partial charge in [0.25, 0.3) is 0 Å². The third-order valence-electron chi connectivity index (χ3n) is 14.3. The molecule has 278 valence electrons. The van der Waals surface area contributed by atoms with E-state index in [0.717, 1.165) is 33.9 Å². The van der Waals surface area contributed by atoms with Gasteiger partial charge in [-0.15, -0.1) is 0 Å². The Morgan fingerprint density at radius 1 is 0.534 bits per heavy atom. The summed E-state index contributed by atoms with van der Waals surface area (Å²) in [4.78, 5) is 16.4. The number of nitrogens with zero attached hydrogens (tertiary/aromatic N) is 5. The highest BCUT2D eigenvalue weighted by molar-refractivity contribution is 6.24. The Morgan fingerprint density at radius 3 is 2.03 bits per heavy atom.